The number of carbonyl (C=O) groups is 3. The number of alkyl halides is 3. The van der Waals surface area contributed by atoms with Gasteiger partial charge in [-0.3, -0.25) is 14.3 Å². The first kappa shape index (κ1) is 32.4. The predicted octanol–water partition coefficient (Wildman–Crippen LogP) is 2.87. The molecule has 0 bridgehead atoms. The highest BCUT2D eigenvalue weighted by molar-refractivity contribution is 7.92. The van der Waals surface area contributed by atoms with E-state index in [0.29, 0.717) is 29.4 Å². The number of carboxylic acids is 1. The molecule has 3 rings (SSSR count). The minimum Gasteiger partial charge on any atom is -0.475 e. The fourth-order valence-electron chi connectivity index (χ4n) is 3.46. The minimum atomic E-state index is -5.08. The highest BCUT2D eigenvalue weighted by atomic mass is 32.2. The summed E-state index contributed by atoms with van der Waals surface area (Å²) in [6.45, 7) is 8.93. The summed E-state index contributed by atoms with van der Waals surface area (Å²) in [5.74, 6) is -2.95. The number of hydrogen-bond donors (Lipinski definition) is 5. The monoisotopic (exact) mass is 587 g/mol. The van der Waals surface area contributed by atoms with Crippen molar-refractivity contribution in [3.63, 3.8) is 0 Å². The van der Waals surface area contributed by atoms with Crippen LogP contribution in [0.25, 0.3) is 0 Å². The van der Waals surface area contributed by atoms with Gasteiger partial charge in [0, 0.05) is 50.9 Å². The van der Waals surface area contributed by atoms with Crippen molar-refractivity contribution < 1.29 is 41.1 Å². The van der Waals surface area contributed by atoms with Crippen LogP contribution in [0.2, 0.25) is 0 Å². The maximum atomic E-state index is 13.1. The van der Waals surface area contributed by atoms with Crippen LogP contribution in [0.5, 0.6) is 0 Å². The van der Waals surface area contributed by atoms with E-state index in [1.54, 1.807) is 18.2 Å². The van der Waals surface area contributed by atoms with Crippen molar-refractivity contribution in [3.05, 3.63) is 48.0 Å². The molecule has 0 spiro atoms. The van der Waals surface area contributed by atoms with Gasteiger partial charge in [0.25, 0.3) is 15.9 Å². The second kappa shape index (κ2) is 14.0. The molecule has 0 radical (unpaired) electrons. The number of piperazine rings is 1. The van der Waals surface area contributed by atoms with E-state index in [0.717, 1.165) is 31.9 Å². The second-order valence-electron chi connectivity index (χ2n) is 9.19. The maximum Gasteiger partial charge on any atom is 0.490 e. The molecule has 2 amide bonds. The highest BCUT2D eigenvalue weighted by Crippen LogP contribution is 2.30. The molecule has 15 heteroatoms. The van der Waals surface area contributed by atoms with Crippen LogP contribution < -0.4 is 25.6 Å². The Morgan fingerprint density at radius 3 is 2.12 bits per heavy atom. The lowest BCUT2D eigenvalue weighted by Crippen LogP contribution is -2.43. The Labute approximate surface area is 230 Å². The van der Waals surface area contributed by atoms with Crippen molar-refractivity contribution >= 4 is 44.9 Å². The van der Waals surface area contributed by atoms with E-state index in [9.17, 15) is 31.2 Å². The quantitative estimate of drug-likeness (QED) is 0.316. The van der Waals surface area contributed by atoms with E-state index < -0.39 is 22.2 Å². The lowest BCUT2D eigenvalue weighted by molar-refractivity contribution is -0.192. The molecule has 1 aliphatic rings. The summed E-state index contributed by atoms with van der Waals surface area (Å²) in [5, 5.41) is 15.9. The van der Waals surface area contributed by atoms with Crippen molar-refractivity contribution in [1.82, 2.24) is 10.6 Å². The summed E-state index contributed by atoms with van der Waals surface area (Å²) in [5.41, 5.74) is 1.95. The Balaban J connectivity index is 0.000000708. The topological polar surface area (TPSA) is 157 Å². The first-order chi connectivity index (χ1) is 18.6. The van der Waals surface area contributed by atoms with E-state index in [2.05, 4.69) is 25.6 Å². The molecule has 0 unspecified atom stereocenters. The lowest BCUT2D eigenvalue weighted by Gasteiger charge is -2.31. The van der Waals surface area contributed by atoms with Gasteiger partial charge >= 0.3 is 12.1 Å². The smallest absolute Gasteiger partial charge is 0.475 e. The summed E-state index contributed by atoms with van der Waals surface area (Å²) in [7, 11) is -3.92. The number of benzene rings is 2. The summed E-state index contributed by atoms with van der Waals surface area (Å²) in [6.07, 6.45) is -5.08. The molecule has 1 aliphatic heterocycles. The molecule has 1 fully saturated rings. The summed E-state index contributed by atoms with van der Waals surface area (Å²) in [6, 6.07) is 11.0. The number of nitrogens with zero attached hydrogens (tertiary/aromatic N) is 1. The summed E-state index contributed by atoms with van der Waals surface area (Å²) < 4.78 is 60.7. The molecule has 1 heterocycles. The molecular formula is C25H32F3N5O6S. The van der Waals surface area contributed by atoms with Gasteiger partial charge in [-0.2, -0.15) is 13.2 Å². The summed E-state index contributed by atoms with van der Waals surface area (Å²) in [4.78, 5) is 34.9. The van der Waals surface area contributed by atoms with E-state index >= 15 is 0 Å². The zero-order valence-corrected chi connectivity index (χ0v) is 22.9. The number of carbonyl (C=O) groups excluding carboxylic acids is 2. The number of nitrogens with one attached hydrogen (secondary N) is 4. The highest BCUT2D eigenvalue weighted by Gasteiger charge is 2.38. The molecule has 5 N–H and O–H groups in total. The molecule has 0 aromatic heterocycles. The van der Waals surface area contributed by atoms with Crippen molar-refractivity contribution in [2.45, 2.75) is 31.8 Å². The number of hydrogen-bond acceptors (Lipinski definition) is 7. The zero-order chi connectivity index (χ0) is 30.1. The van der Waals surface area contributed by atoms with Gasteiger partial charge in [0.15, 0.2) is 0 Å². The van der Waals surface area contributed by atoms with Gasteiger partial charge in [0.1, 0.15) is 0 Å². The van der Waals surface area contributed by atoms with Gasteiger partial charge in [0.2, 0.25) is 5.91 Å². The van der Waals surface area contributed by atoms with Gasteiger partial charge in [-0.05, 0) is 48.4 Å². The Kier molecular flexibility index (Phi) is 11.3. The molecule has 40 heavy (non-hydrogen) atoms. The first-order valence-corrected chi connectivity index (χ1v) is 13.7. The minimum absolute atomic E-state index is 0.0533. The third kappa shape index (κ3) is 10.0. The van der Waals surface area contributed by atoms with Crippen molar-refractivity contribution in [2.24, 2.45) is 5.92 Å². The lowest BCUT2D eigenvalue weighted by atomic mass is 10.1. The second-order valence-corrected chi connectivity index (χ2v) is 10.9. The van der Waals surface area contributed by atoms with Crippen LogP contribution in [0.1, 0.15) is 31.1 Å². The number of aliphatic carboxylic acids is 1. The molecule has 220 valence electrons. The molecular weight excluding hydrogens is 555 g/mol. The van der Waals surface area contributed by atoms with Crippen molar-refractivity contribution in [3.8, 4) is 0 Å². The van der Waals surface area contributed by atoms with E-state index in [1.807, 2.05) is 13.8 Å². The van der Waals surface area contributed by atoms with Gasteiger partial charge in [-0.15, -0.1) is 0 Å². The number of halogens is 3. The molecule has 1 saturated heterocycles. The van der Waals surface area contributed by atoms with Crippen LogP contribution in [0.15, 0.2) is 47.4 Å². The average molecular weight is 588 g/mol. The normalized spacial score (nSPS) is 13.6. The van der Waals surface area contributed by atoms with Crippen LogP contribution in [0.4, 0.5) is 30.2 Å². The number of anilines is 3. The number of carboxylic acid groups (broad SMARTS) is 1. The Hall–Kier alpha value is -3.85. The Bertz CT molecular complexity index is 1300. The van der Waals surface area contributed by atoms with Crippen LogP contribution in [0, 0.1) is 5.92 Å². The van der Waals surface area contributed by atoms with Gasteiger partial charge in [-0.25, -0.2) is 13.2 Å². The standard InChI is InChI=1S/C23H31N5O4S.C2HF3O2/c1-16(2)15-25-23(30)18-4-9-22(28-12-10-24-11-13-28)21(14-18)27-33(31,32)20-7-5-19(6-8-20)26-17(3)29;3-2(4,5)1(6)7/h4-9,14,16,24,27H,10-13,15H2,1-3H3,(H,25,30)(H,26,29);(H,6,7). The molecule has 2 aromatic rings. The maximum absolute atomic E-state index is 13.1. The number of rotatable bonds is 8. The fraction of sp³-hybridized carbons (Fsp3) is 0.400. The number of sulfonamides is 1. The third-order valence-electron chi connectivity index (χ3n) is 5.36. The number of amides is 2. The van der Waals surface area contributed by atoms with E-state index in [1.165, 1.54) is 31.2 Å². The van der Waals surface area contributed by atoms with Gasteiger partial charge < -0.3 is 26.0 Å². The molecule has 0 atom stereocenters. The third-order valence-corrected chi connectivity index (χ3v) is 6.74. The molecule has 11 nitrogen and oxygen atoms in total. The largest absolute Gasteiger partial charge is 0.490 e. The van der Waals surface area contributed by atoms with Crippen LogP contribution in [-0.2, 0) is 19.6 Å². The summed E-state index contributed by atoms with van der Waals surface area (Å²) >= 11 is 0. The Morgan fingerprint density at radius 2 is 1.62 bits per heavy atom. The van der Waals surface area contributed by atoms with Crippen molar-refractivity contribution in [1.29, 1.82) is 0 Å². The molecule has 0 saturated carbocycles. The SMILES string of the molecule is CC(=O)Nc1ccc(S(=O)(=O)Nc2cc(C(=O)NCC(C)C)ccc2N2CCNCC2)cc1.O=C(O)C(F)(F)F. The first-order valence-electron chi connectivity index (χ1n) is 12.2. The molecule has 0 aliphatic carbocycles. The van der Waals surface area contributed by atoms with Crippen molar-refractivity contribution in [2.75, 3.05) is 47.7 Å². The average Bonchev–Trinajstić information content (AvgIpc) is 2.87. The van der Waals surface area contributed by atoms with Crippen LogP contribution in [-0.4, -0.2) is 70.2 Å². The van der Waals surface area contributed by atoms with Crippen LogP contribution in [0.3, 0.4) is 0 Å². The van der Waals surface area contributed by atoms with Gasteiger partial charge in [-0.1, -0.05) is 13.8 Å². The van der Waals surface area contributed by atoms with E-state index in [4.69, 9.17) is 9.90 Å². The molecule has 2 aromatic carbocycles. The predicted molar refractivity (Wildman–Crippen MR) is 144 cm³/mol. The van der Waals surface area contributed by atoms with Gasteiger partial charge in [0.05, 0.1) is 16.3 Å². The van der Waals surface area contributed by atoms with Crippen LogP contribution >= 0.6 is 0 Å². The Morgan fingerprint density at radius 1 is 1.05 bits per heavy atom. The zero-order valence-electron chi connectivity index (χ0n) is 22.1. The van der Waals surface area contributed by atoms with E-state index in [-0.39, 0.29) is 16.7 Å². The fourth-order valence-corrected chi connectivity index (χ4v) is 4.53.